The van der Waals surface area contributed by atoms with Gasteiger partial charge in [-0.3, -0.25) is 0 Å². The van der Waals surface area contributed by atoms with E-state index in [2.05, 4.69) is 20.6 Å². The molecule has 0 aliphatic carbocycles. The minimum atomic E-state index is -2.96. The Morgan fingerprint density at radius 1 is 1.04 bits per heavy atom. The SMILES string of the molecule is CCS(=O)(=O)CCNCCCc1nc(-c2cc3c(Nc4ccc(OCc5cccc(F)c5)c(Cl)c4)ncnc3cc2OC)cs1. The first-order valence-electron chi connectivity index (χ1n) is 14.4. The lowest BCUT2D eigenvalue weighted by atomic mass is 10.1. The number of ether oxygens (including phenoxy) is 2. The topological polar surface area (TPSA) is 115 Å². The molecule has 0 aliphatic rings. The lowest BCUT2D eigenvalue weighted by Crippen LogP contribution is -2.24. The predicted octanol–water partition coefficient (Wildman–Crippen LogP) is 6.83. The third kappa shape index (κ3) is 8.66. The van der Waals surface area contributed by atoms with Crippen molar-refractivity contribution in [2.24, 2.45) is 0 Å². The molecule has 0 fully saturated rings. The van der Waals surface area contributed by atoms with Crippen LogP contribution in [0.25, 0.3) is 22.2 Å². The quantitative estimate of drug-likeness (QED) is 0.116. The molecule has 0 radical (unpaired) electrons. The van der Waals surface area contributed by atoms with Gasteiger partial charge in [-0.25, -0.2) is 27.8 Å². The van der Waals surface area contributed by atoms with Crippen LogP contribution in [0.3, 0.4) is 0 Å². The second-order valence-electron chi connectivity index (χ2n) is 10.2. The Morgan fingerprint density at radius 3 is 2.69 bits per heavy atom. The number of aryl methyl sites for hydroxylation is 1. The van der Waals surface area contributed by atoms with Gasteiger partial charge in [-0.05, 0) is 54.9 Å². The third-order valence-electron chi connectivity index (χ3n) is 7.04. The molecule has 2 N–H and O–H groups in total. The molecule has 0 saturated heterocycles. The monoisotopic (exact) mass is 669 g/mol. The number of fused-ring (bicyclic) bond motifs is 1. The molecule has 45 heavy (non-hydrogen) atoms. The minimum Gasteiger partial charge on any atom is -0.496 e. The molecular formula is C32H33ClFN5O4S2. The van der Waals surface area contributed by atoms with Crippen molar-refractivity contribution >= 4 is 55.2 Å². The summed E-state index contributed by atoms with van der Waals surface area (Å²) < 4.78 is 48.3. The van der Waals surface area contributed by atoms with Gasteiger partial charge in [0.2, 0.25) is 0 Å². The molecule has 0 saturated carbocycles. The van der Waals surface area contributed by atoms with Gasteiger partial charge in [-0.15, -0.1) is 11.3 Å². The van der Waals surface area contributed by atoms with Crippen molar-refractivity contribution in [1.82, 2.24) is 20.3 Å². The highest BCUT2D eigenvalue weighted by Crippen LogP contribution is 2.37. The summed E-state index contributed by atoms with van der Waals surface area (Å²) in [5.74, 6) is 1.70. The van der Waals surface area contributed by atoms with Crippen LogP contribution in [0.15, 0.2) is 66.3 Å². The number of anilines is 2. The van der Waals surface area contributed by atoms with Crippen LogP contribution in [-0.2, 0) is 22.9 Å². The summed E-state index contributed by atoms with van der Waals surface area (Å²) in [6, 6.07) is 15.4. The van der Waals surface area contributed by atoms with E-state index in [-0.39, 0.29) is 23.9 Å². The number of halogens is 2. The van der Waals surface area contributed by atoms with Crippen molar-refractivity contribution in [2.45, 2.75) is 26.4 Å². The molecule has 9 nitrogen and oxygen atoms in total. The second-order valence-corrected chi connectivity index (χ2v) is 14.0. The zero-order valence-corrected chi connectivity index (χ0v) is 27.2. The molecule has 0 aliphatic heterocycles. The average molecular weight is 670 g/mol. The Morgan fingerprint density at radius 2 is 1.91 bits per heavy atom. The number of nitrogens with one attached hydrogen (secondary N) is 2. The number of nitrogens with zero attached hydrogens (tertiary/aromatic N) is 3. The number of thiazole rings is 1. The fraction of sp³-hybridized carbons (Fsp3) is 0.281. The van der Waals surface area contributed by atoms with Crippen molar-refractivity contribution in [3.8, 4) is 22.8 Å². The maximum absolute atomic E-state index is 13.5. The standard InChI is InChI=1S/C32H33ClFN5O4S2/c1-3-45(40,41)13-12-35-11-5-8-31-39-28(19-44-31)24-16-25-27(17-30(24)42-2)36-20-37-32(25)38-23-9-10-29(26(33)15-23)43-18-21-6-4-7-22(34)14-21/h4,6-7,9-10,14-17,19-20,35H,3,5,8,11-13,18H2,1-2H3,(H,36,37,38). The fourth-order valence-electron chi connectivity index (χ4n) is 4.58. The lowest BCUT2D eigenvalue weighted by Gasteiger charge is -2.13. The van der Waals surface area contributed by atoms with Gasteiger partial charge < -0.3 is 20.1 Å². The predicted molar refractivity (Wildman–Crippen MR) is 178 cm³/mol. The molecule has 0 spiro atoms. The smallest absolute Gasteiger partial charge is 0.151 e. The highest BCUT2D eigenvalue weighted by Gasteiger charge is 2.16. The van der Waals surface area contributed by atoms with E-state index in [1.807, 2.05) is 23.6 Å². The van der Waals surface area contributed by atoms with Gasteiger partial charge >= 0.3 is 0 Å². The van der Waals surface area contributed by atoms with Crippen molar-refractivity contribution < 1.29 is 22.3 Å². The first-order valence-corrected chi connectivity index (χ1v) is 17.4. The normalized spacial score (nSPS) is 11.6. The maximum atomic E-state index is 13.5. The minimum absolute atomic E-state index is 0.151. The van der Waals surface area contributed by atoms with Crippen molar-refractivity contribution in [1.29, 1.82) is 0 Å². The van der Waals surface area contributed by atoms with E-state index in [9.17, 15) is 12.8 Å². The van der Waals surface area contributed by atoms with Crippen LogP contribution in [-0.4, -0.2) is 55.1 Å². The van der Waals surface area contributed by atoms with Gasteiger partial charge in [-0.2, -0.15) is 0 Å². The molecule has 0 bridgehead atoms. The number of methoxy groups -OCH3 is 1. The van der Waals surface area contributed by atoms with Gasteiger partial charge in [0.15, 0.2) is 9.84 Å². The highest BCUT2D eigenvalue weighted by atomic mass is 35.5. The molecule has 5 aromatic rings. The molecule has 236 valence electrons. The third-order valence-corrected chi connectivity index (χ3v) is 9.95. The molecule has 13 heteroatoms. The largest absolute Gasteiger partial charge is 0.496 e. The molecule has 0 unspecified atom stereocenters. The molecule has 0 amide bonds. The summed E-state index contributed by atoms with van der Waals surface area (Å²) in [6.07, 6.45) is 3.09. The summed E-state index contributed by atoms with van der Waals surface area (Å²) in [7, 11) is -1.35. The van der Waals surface area contributed by atoms with E-state index in [0.717, 1.165) is 34.5 Å². The Hall–Kier alpha value is -3.84. The first kappa shape index (κ1) is 32.6. The molecule has 2 aromatic heterocycles. The average Bonchev–Trinajstić information content (AvgIpc) is 3.50. The Balaban J connectivity index is 1.28. The van der Waals surface area contributed by atoms with E-state index >= 15 is 0 Å². The molecule has 2 heterocycles. The van der Waals surface area contributed by atoms with Crippen LogP contribution in [0, 0.1) is 5.82 Å². The number of sulfone groups is 1. The van der Waals surface area contributed by atoms with Gasteiger partial charge in [0, 0.05) is 46.8 Å². The summed E-state index contributed by atoms with van der Waals surface area (Å²) in [4.78, 5) is 13.8. The number of aromatic nitrogens is 3. The van der Waals surface area contributed by atoms with E-state index in [0.29, 0.717) is 52.2 Å². The Kier molecular flexibility index (Phi) is 10.8. The van der Waals surface area contributed by atoms with Gasteiger partial charge in [0.05, 0.1) is 34.1 Å². The number of rotatable bonds is 15. The number of hydrogen-bond donors (Lipinski definition) is 2. The van der Waals surface area contributed by atoms with E-state index in [1.54, 1.807) is 49.6 Å². The van der Waals surface area contributed by atoms with Crippen LogP contribution in [0.1, 0.15) is 23.9 Å². The summed E-state index contributed by atoms with van der Waals surface area (Å²) in [5, 5.41) is 10.7. The van der Waals surface area contributed by atoms with Gasteiger partial charge in [0.1, 0.15) is 36.1 Å². The Labute approximate surface area is 270 Å². The zero-order valence-electron chi connectivity index (χ0n) is 24.8. The van der Waals surface area contributed by atoms with E-state index < -0.39 is 9.84 Å². The Bertz CT molecular complexity index is 1890. The lowest BCUT2D eigenvalue weighted by molar-refractivity contribution is 0.306. The fourth-order valence-corrected chi connectivity index (χ4v) is 6.40. The van der Waals surface area contributed by atoms with Crippen LogP contribution in [0.2, 0.25) is 5.02 Å². The van der Waals surface area contributed by atoms with Crippen molar-refractivity contribution in [2.75, 3.05) is 37.0 Å². The maximum Gasteiger partial charge on any atom is 0.151 e. The molecular weight excluding hydrogens is 637 g/mol. The summed E-state index contributed by atoms with van der Waals surface area (Å²) in [6.45, 7) is 3.01. The van der Waals surface area contributed by atoms with E-state index in [4.69, 9.17) is 26.1 Å². The first-order chi connectivity index (χ1) is 21.7. The van der Waals surface area contributed by atoms with Crippen molar-refractivity contribution in [3.05, 3.63) is 87.7 Å². The second kappa shape index (κ2) is 15.0. The van der Waals surface area contributed by atoms with Crippen LogP contribution in [0.5, 0.6) is 11.5 Å². The van der Waals surface area contributed by atoms with Crippen LogP contribution in [0.4, 0.5) is 15.9 Å². The van der Waals surface area contributed by atoms with Crippen molar-refractivity contribution in [3.63, 3.8) is 0 Å². The molecule has 5 rings (SSSR count). The number of hydrogen-bond acceptors (Lipinski definition) is 10. The number of benzene rings is 3. The van der Waals surface area contributed by atoms with Gasteiger partial charge in [0.25, 0.3) is 0 Å². The van der Waals surface area contributed by atoms with Crippen LogP contribution >= 0.6 is 22.9 Å². The summed E-state index contributed by atoms with van der Waals surface area (Å²) >= 11 is 8.09. The zero-order chi connectivity index (χ0) is 31.8. The van der Waals surface area contributed by atoms with E-state index in [1.165, 1.54) is 18.5 Å². The molecule has 0 atom stereocenters. The molecule has 3 aromatic carbocycles. The van der Waals surface area contributed by atoms with Crippen LogP contribution < -0.4 is 20.1 Å². The highest BCUT2D eigenvalue weighted by molar-refractivity contribution is 7.91. The van der Waals surface area contributed by atoms with Gasteiger partial charge in [-0.1, -0.05) is 30.7 Å². The summed E-state index contributed by atoms with van der Waals surface area (Å²) in [5.41, 5.74) is 3.70.